The summed E-state index contributed by atoms with van der Waals surface area (Å²) in [6.07, 6.45) is 2.81. The molecule has 1 aliphatic rings. The van der Waals surface area contributed by atoms with Gasteiger partial charge in [-0.25, -0.2) is 17.9 Å². The summed E-state index contributed by atoms with van der Waals surface area (Å²) < 4.78 is 32.2. The molecule has 1 saturated carbocycles. The molecule has 1 aliphatic carbocycles. The Balaban J connectivity index is 2.05. The Kier molecular flexibility index (Phi) is 4.72. The summed E-state index contributed by atoms with van der Waals surface area (Å²) >= 11 is 0.789. The van der Waals surface area contributed by atoms with Crippen LogP contribution in [0, 0.1) is 12.3 Å². The van der Waals surface area contributed by atoms with Crippen LogP contribution >= 0.6 is 11.3 Å². The topological polar surface area (TPSA) is 92.7 Å². The molecule has 1 aromatic rings. The van der Waals surface area contributed by atoms with Crippen LogP contribution in [0.25, 0.3) is 0 Å². The van der Waals surface area contributed by atoms with E-state index in [1.54, 1.807) is 14.0 Å². The van der Waals surface area contributed by atoms with E-state index < -0.39 is 16.0 Å². The Labute approximate surface area is 128 Å². The maximum atomic E-state index is 12.2. The number of aromatic carboxylic acids is 1. The van der Waals surface area contributed by atoms with Gasteiger partial charge in [-0.05, 0) is 43.2 Å². The van der Waals surface area contributed by atoms with Crippen LogP contribution in [0.2, 0.25) is 0 Å². The first-order valence-electron chi connectivity index (χ1n) is 6.62. The van der Waals surface area contributed by atoms with E-state index in [4.69, 9.17) is 9.84 Å². The van der Waals surface area contributed by atoms with Crippen molar-refractivity contribution in [2.24, 2.45) is 5.41 Å². The first-order chi connectivity index (χ1) is 9.80. The number of carbonyl (C=O) groups is 1. The van der Waals surface area contributed by atoms with Crippen molar-refractivity contribution in [1.82, 2.24) is 4.72 Å². The average molecular weight is 333 g/mol. The maximum Gasteiger partial charge on any atom is 0.346 e. The van der Waals surface area contributed by atoms with E-state index in [9.17, 15) is 13.2 Å². The number of hydrogen-bond donors (Lipinski definition) is 2. The Morgan fingerprint density at radius 1 is 1.52 bits per heavy atom. The van der Waals surface area contributed by atoms with Gasteiger partial charge in [0.2, 0.25) is 10.0 Å². The molecule has 1 aromatic heterocycles. The third-order valence-electron chi connectivity index (χ3n) is 3.79. The SMILES string of the molecule is COCCC1(CNS(=O)(=O)c2cc(C)c(C(=O)O)s2)CC1. The van der Waals surface area contributed by atoms with E-state index in [0.29, 0.717) is 18.7 Å². The summed E-state index contributed by atoms with van der Waals surface area (Å²) in [6, 6.07) is 1.41. The first-order valence-corrected chi connectivity index (χ1v) is 8.92. The minimum absolute atomic E-state index is 0.00497. The van der Waals surface area contributed by atoms with Gasteiger partial charge >= 0.3 is 5.97 Å². The molecular formula is C13H19NO5S2. The molecule has 0 atom stereocenters. The minimum Gasteiger partial charge on any atom is -0.477 e. The summed E-state index contributed by atoms with van der Waals surface area (Å²) in [5, 5.41) is 8.99. The summed E-state index contributed by atoms with van der Waals surface area (Å²) in [5.41, 5.74) is 0.471. The number of methoxy groups -OCH3 is 1. The van der Waals surface area contributed by atoms with Gasteiger partial charge in [0.25, 0.3) is 0 Å². The number of carboxylic acids is 1. The van der Waals surface area contributed by atoms with E-state index >= 15 is 0 Å². The molecule has 21 heavy (non-hydrogen) atoms. The maximum absolute atomic E-state index is 12.2. The number of rotatable bonds is 8. The Morgan fingerprint density at radius 2 is 2.19 bits per heavy atom. The van der Waals surface area contributed by atoms with E-state index in [-0.39, 0.29) is 14.5 Å². The standard InChI is InChI=1S/C13H19NO5S2/c1-9-7-10(20-11(9)12(15)16)21(17,18)14-8-13(3-4-13)5-6-19-2/h7,14H,3-6,8H2,1-2H3,(H,15,16). The molecule has 0 amide bonds. The van der Waals surface area contributed by atoms with Gasteiger partial charge in [0.1, 0.15) is 9.09 Å². The molecule has 1 heterocycles. The summed E-state index contributed by atoms with van der Waals surface area (Å²) in [5.74, 6) is -1.10. The molecule has 2 rings (SSSR count). The fraction of sp³-hybridized carbons (Fsp3) is 0.615. The highest BCUT2D eigenvalue weighted by Gasteiger charge is 2.42. The first kappa shape index (κ1) is 16.4. The molecule has 0 bridgehead atoms. The molecule has 0 spiro atoms. The lowest BCUT2D eigenvalue weighted by atomic mass is 10.0. The van der Waals surface area contributed by atoms with Crippen molar-refractivity contribution in [1.29, 1.82) is 0 Å². The van der Waals surface area contributed by atoms with Gasteiger partial charge in [-0.3, -0.25) is 0 Å². The van der Waals surface area contributed by atoms with Crippen molar-refractivity contribution in [3.05, 3.63) is 16.5 Å². The van der Waals surface area contributed by atoms with E-state index in [1.165, 1.54) is 6.07 Å². The minimum atomic E-state index is -3.65. The number of aryl methyl sites for hydroxylation is 1. The van der Waals surface area contributed by atoms with Crippen LogP contribution in [-0.4, -0.2) is 39.8 Å². The van der Waals surface area contributed by atoms with Crippen LogP contribution in [0.3, 0.4) is 0 Å². The zero-order valence-corrected chi connectivity index (χ0v) is 13.6. The molecule has 0 saturated heterocycles. The molecule has 6 nitrogen and oxygen atoms in total. The van der Waals surface area contributed by atoms with Crippen LogP contribution in [0.15, 0.2) is 10.3 Å². The van der Waals surface area contributed by atoms with Gasteiger partial charge in [-0.2, -0.15) is 0 Å². The predicted octanol–water partition coefficient (Wildman–Crippen LogP) is 1.85. The molecule has 0 unspecified atom stereocenters. The molecule has 1 fully saturated rings. The summed E-state index contributed by atoms with van der Waals surface area (Å²) in [6.45, 7) is 2.58. The van der Waals surface area contributed by atoms with Crippen LogP contribution in [0.1, 0.15) is 34.5 Å². The fourth-order valence-corrected chi connectivity index (χ4v) is 4.71. The molecule has 2 N–H and O–H groups in total. The molecule has 118 valence electrons. The predicted molar refractivity (Wildman–Crippen MR) is 79.4 cm³/mol. The molecular weight excluding hydrogens is 314 g/mol. The third-order valence-corrected chi connectivity index (χ3v) is 6.89. The fourth-order valence-electron chi connectivity index (χ4n) is 2.13. The molecule has 0 radical (unpaired) electrons. The Bertz CT molecular complexity index is 631. The smallest absolute Gasteiger partial charge is 0.346 e. The molecule has 8 heteroatoms. The number of hydrogen-bond acceptors (Lipinski definition) is 5. The van der Waals surface area contributed by atoms with Gasteiger partial charge in [0.05, 0.1) is 0 Å². The van der Waals surface area contributed by atoms with Crippen LogP contribution in [0.4, 0.5) is 0 Å². The number of thiophene rings is 1. The zero-order chi connectivity index (χ0) is 15.7. The van der Waals surface area contributed by atoms with E-state index in [2.05, 4.69) is 4.72 Å². The zero-order valence-electron chi connectivity index (χ0n) is 12.0. The van der Waals surface area contributed by atoms with Gasteiger partial charge < -0.3 is 9.84 Å². The van der Waals surface area contributed by atoms with Gasteiger partial charge in [0.15, 0.2) is 0 Å². The quantitative estimate of drug-likeness (QED) is 0.757. The summed E-state index contributed by atoms with van der Waals surface area (Å²) in [4.78, 5) is 11.1. The Morgan fingerprint density at radius 3 is 2.67 bits per heavy atom. The van der Waals surface area contributed by atoms with Crippen LogP contribution in [0.5, 0.6) is 0 Å². The van der Waals surface area contributed by atoms with E-state index in [1.807, 2.05) is 0 Å². The normalized spacial score (nSPS) is 16.9. The van der Waals surface area contributed by atoms with Gasteiger partial charge in [0, 0.05) is 20.3 Å². The van der Waals surface area contributed by atoms with Crippen molar-refractivity contribution in [2.45, 2.75) is 30.4 Å². The second-order valence-electron chi connectivity index (χ2n) is 5.45. The van der Waals surface area contributed by atoms with Crippen LogP contribution in [-0.2, 0) is 14.8 Å². The number of ether oxygens (including phenoxy) is 1. The van der Waals surface area contributed by atoms with E-state index in [0.717, 1.165) is 30.6 Å². The van der Waals surface area contributed by atoms with Crippen molar-refractivity contribution in [3.63, 3.8) is 0 Å². The van der Waals surface area contributed by atoms with Crippen LogP contribution < -0.4 is 4.72 Å². The average Bonchev–Trinajstić information content (AvgIpc) is 3.08. The molecule has 0 aliphatic heterocycles. The third kappa shape index (κ3) is 3.82. The number of nitrogens with one attached hydrogen (secondary N) is 1. The van der Waals surface area contributed by atoms with Crippen molar-refractivity contribution < 1.29 is 23.1 Å². The highest BCUT2D eigenvalue weighted by atomic mass is 32.2. The van der Waals surface area contributed by atoms with Crippen molar-refractivity contribution in [2.75, 3.05) is 20.3 Å². The Hall–Kier alpha value is -0.960. The number of carboxylic acid groups (broad SMARTS) is 1. The highest BCUT2D eigenvalue weighted by molar-refractivity contribution is 7.91. The lowest BCUT2D eigenvalue weighted by molar-refractivity contribution is 0.0701. The lowest BCUT2D eigenvalue weighted by Gasteiger charge is -2.15. The van der Waals surface area contributed by atoms with Crippen molar-refractivity contribution >= 4 is 27.3 Å². The summed E-state index contributed by atoms with van der Waals surface area (Å²) in [7, 11) is -2.02. The second-order valence-corrected chi connectivity index (χ2v) is 8.50. The highest BCUT2D eigenvalue weighted by Crippen LogP contribution is 2.48. The van der Waals surface area contributed by atoms with Gasteiger partial charge in [-0.1, -0.05) is 0 Å². The molecule has 0 aromatic carbocycles. The largest absolute Gasteiger partial charge is 0.477 e. The monoisotopic (exact) mass is 333 g/mol. The number of sulfonamides is 1. The lowest BCUT2D eigenvalue weighted by Crippen LogP contribution is -2.30. The van der Waals surface area contributed by atoms with Gasteiger partial charge in [-0.15, -0.1) is 11.3 Å². The second kappa shape index (κ2) is 6.04. The van der Waals surface area contributed by atoms with Crippen molar-refractivity contribution in [3.8, 4) is 0 Å².